The van der Waals surface area contributed by atoms with Gasteiger partial charge in [-0.15, -0.1) is 0 Å². The van der Waals surface area contributed by atoms with Gasteiger partial charge in [0.25, 0.3) is 5.69 Å². The lowest BCUT2D eigenvalue weighted by atomic mass is 10.2. The van der Waals surface area contributed by atoms with E-state index in [-0.39, 0.29) is 5.69 Å². The summed E-state index contributed by atoms with van der Waals surface area (Å²) < 4.78 is 0. The summed E-state index contributed by atoms with van der Waals surface area (Å²) in [5, 5.41) is 25.0. The molecule has 1 aromatic rings. The number of hydrogen-bond acceptors (Lipinski definition) is 6. The zero-order valence-electron chi connectivity index (χ0n) is 8.49. The minimum Gasteiger partial charge on any atom is -0.411 e. The molecule has 0 unspecified atom stereocenters. The van der Waals surface area contributed by atoms with Crippen LogP contribution in [0.25, 0.3) is 0 Å². The van der Waals surface area contributed by atoms with Crippen LogP contribution in [0.2, 0.25) is 0 Å². The molecular weight excluding hydrogens is 212 g/mol. The molecule has 16 heavy (non-hydrogen) atoms. The number of nitrogens with one attached hydrogen (secondary N) is 1. The molecule has 0 saturated carbocycles. The van der Waals surface area contributed by atoms with E-state index in [2.05, 4.69) is 15.7 Å². The van der Waals surface area contributed by atoms with E-state index in [1.54, 1.807) is 13.0 Å². The second-order valence-corrected chi connectivity index (χ2v) is 2.91. The maximum atomic E-state index is 10.5. The maximum Gasteiger partial charge on any atom is 0.271 e. The Bertz CT molecular complexity index is 442. The van der Waals surface area contributed by atoms with E-state index in [1.165, 1.54) is 18.3 Å². The van der Waals surface area contributed by atoms with Gasteiger partial charge in [-0.05, 0) is 12.5 Å². The molecule has 7 nitrogen and oxygen atoms in total. The highest BCUT2D eigenvalue weighted by atomic mass is 16.6. The number of anilines is 1. The van der Waals surface area contributed by atoms with Gasteiger partial charge in [0.2, 0.25) is 0 Å². The lowest BCUT2D eigenvalue weighted by Gasteiger charge is -2.03. The van der Waals surface area contributed by atoms with Crippen LogP contribution in [0.1, 0.15) is 5.56 Å². The van der Waals surface area contributed by atoms with Gasteiger partial charge < -0.3 is 5.21 Å². The molecular formula is C9H10N4O3. The number of benzene rings is 1. The molecule has 0 amide bonds. The van der Waals surface area contributed by atoms with Crippen molar-refractivity contribution in [1.29, 1.82) is 0 Å². The average Bonchev–Trinajstić information content (AvgIpc) is 2.26. The van der Waals surface area contributed by atoms with E-state index in [0.717, 1.165) is 11.8 Å². The third-order valence-corrected chi connectivity index (χ3v) is 1.82. The Balaban J connectivity index is 2.86. The van der Waals surface area contributed by atoms with Gasteiger partial charge in [0.15, 0.2) is 0 Å². The minimum atomic E-state index is -0.483. The van der Waals surface area contributed by atoms with Crippen LogP contribution < -0.4 is 5.43 Å². The molecule has 0 spiro atoms. The predicted molar refractivity (Wildman–Crippen MR) is 60.2 cm³/mol. The van der Waals surface area contributed by atoms with Crippen molar-refractivity contribution in [3.05, 3.63) is 33.9 Å². The molecule has 2 N–H and O–H groups in total. The van der Waals surface area contributed by atoms with E-state index in [1.807, 2.05) is 0 Å². The van der Waals surface area contributed by atoms with Crippen LogP contribution in [0.4, 0.5) is 11.4 Å². The number of rotatable bonds is 4. The highest BCUT2D eigenvalue weighted by Gasteiger charge is 2.07. The molecule has 1 rings (SSSR count). The van der Waals surface area contributed by atoms with Crippen LogP contribution in [-0.4, -0.2) is 22.6 Å². The zero-order valence-corrected chi connectivity index (χ0v) is 8.49. The van der Waals surface area contributed by atoms with Gasteiger partial charge in [-0.2, -0.15) is 5.10 Å². The van der Waals surface area contributed by atoms with Crippen molar-refractivity contribution in [2.24, 2.45) is 10.3 Å². The SMILES string of the molecule is Cc1ccc([N+](=O)[O-])cc1N/N=C/C=N\O. The van der Waals surface area contributed by atoms with E-state index in [0.29, 0.717) is 5.69 Å². The van der Waals surface area contributed by atoms with Crippen LogP contribution in [0.5, 0.6) is 0 Å². The number of non-ortho nitro benzene ring substituents is 1. The second-order valence-electron chi connectivity index (χ2n) is 2.91. The molecule has 0 atom stereocenters. The van der Waals surface area contributed by atoms with Gasteiger partial charge in [0, 0.05) is 12.1 Å². The van der Waals surface area contributed by atoms with Crippen LogP contribution in [0.15, 0.2) is 28.5 Å². The lowest BCUT2D eigenvalue weighted by molar-refractivity contribution is -0.384. The third kappa shape index (κ3) is 3.05. The van der Waals surface area contributed by atoms with E-state index in [4.69, 9.17) is 5.21 Å². The molecule has 84 valence electrons. The highest BCUT2D eigenvalue weighted by Crippen LogP contribution is 2.21. The van der Waals surface area contributed by atoms with E-state index >= 15 is 0 Å². The third-order valence-electron chi connectivity index (χ3n) is 1.82. The fourth-order valence-electron chi connectivity index (χ4n) is 1.01. The van der Waals surface area contributed by atoms with Gasteiger partial charge in [-0.1, -0.05) is 11.2 Å². The van der Waals surface area contributed by atoms with Gasteiger partial charge in [-0.3, -0.25) is 15.5 Å². The molecule has 0 bridgehead atoms. The Kier molecular flexibility index (Phi) is 3.96. The van der Waals surface area contributed by atoms with Gasteiger partial charge >= 0.3 is 0 Å². The average molecular weight is 222 g/mol. The second kappa shape index (κ2) is 5.44. The van der Waals surface area contributed by atoms with E-state index in [9.17, 15) is 10.1 Å². The molecule has 0 aliphatic carbocycles. The first-order chi connectivity index (χ1) is 7.65. The summed E-state index contributed by atoms with van der Waals surface area (Å²) in [7, 11) is 0. The number of aryl methyl sites for hydroxylation is 1. The minimum absolute atomic E-state index is 0.0147. The predicted octanol–water partition coefficient (Wildman–Crippen LogP) is 1.76. The van der Waals surface area contributed by atoms with E-state index < -0.39 is 4.92 Å². The Morgan fingerprint density at radius 3 is 2.88 bits per heavy atom. The number of nitro benzene ring substituents is 1. The van der Waals surface area contributed by atoms with Crippen molar-refractivity contribution >= 4 is 23.8 Å². The maximum absolute atomic E-state index is 10.5. The molecule has 0 radical (unpaired) electrons. The number of hydrazone groups is 1. The Labute approximate surface area is 91.2 Å². The largest absolute Gasteiger partial charge is 0.411 e. The monoisotopic (exact) mass is 222 g/mol. The van der Waals surface area contributed by atoms with Crippen molar-refractivity contribution < 1.29 is 10.1 Å². The number of nitro groups is 1. The first-order valence-corrected chi connectivity index (χ1v) is 4.35. The van der Waals surface area contributed by atoms with Crippen molar-refractivity contribution in [3.8, 4) is 0 Å². The lowest BCUT2D eigenvalue weighted by Crippen LogP contribution is -1.95. The van der Waals surface area contributed by atoms with Crippen molar-refractivity contribution in [2.75, 3.05) is 5.43 Å². The number of hydrogen-bond donors (Lipinski definition) is 2. The topological polar surface area (TPSA) is 100 Å². The molecule has 1 aromatic carbocycles. The molecule has 0 aliphatic rings. The van der Waals surface area contributed by atoms with Crippen LogP contribution in [0, 0.1) is 17.0 Å². The van der Waals surface area contributed by atoms with Gasteiger partial charge in [0.1, 0.15) is 0 Å². The normalized spacial score (nSPS) is 11.1. The summed E-state index contributed by atoms with van der Waals surface area (Å²) in [6.45, 7) is 1.79. The van der Waals surface area contributed by atoms with Crippen molar-refractivity contribution in [1.82, 2.24) is 0 Å². The molecule has 0 aromatic heterocycles. The molecule has 7 heteroatoms. The standard InChI is InChI=1S/C9H10N4O3/c1-7-2-3-8(13(15)16)6-9(7)12-10-4-5-11-14/h2-6,12,14H,1H3/b10-4+,11-5-. The molecule has 0 aliphatic heterocycles. The van der Waals surface area contributed by atoms with Crippen LogP contribution in [0.3, 0.4) is 0 Å². The van der Waals surface area contributed by atoms with Crippen molar-refractivity contribution in [2.45, 2.75) is 6.92 Å². The summed E-state index contributed by atoms with van der Waals surface area (Å²) in [5.74, 6) is 0. The molecule has 0 fully saturated rings. The summed E-state index contributed by atoms with van der Waals surface area (Å²) in [6.07, 6.45) is 2.29. The number of nitrogens with zero attached hydrogens (tertiary/aromatic N) is 3. The molecule has 0 saturated heterocycles. The van der Waals surface area contributed by atoms with Crippen LogP contribution >= 0.6 is 0 Å². The highest BCUT2D eigenvalue weighted by molar-refractivity contribution is 6.15. The smallest absolute Gasteiger partial charge is 0.271 e. The fourth-order valence-corrected chi connectivity index (χ4v) is 1.01. The first-order valence-electron chi connectivity index (χ1n) is 4.35. The summed E-state index contributed by atoms with van der Waals surface area (Å²) in [6, 6.07) is 4.41. The summed E-state index contributed by atoms with van der Waals surface area (Å²) >= 11 is 0. The summed E-state index contributed by atoms with van der Waals surface area (Å²) in [5.41, 5.74) is 3.94. The zero-order chi connectivity index (χ0) is 12.0. The fraction of sp³-hybridized carbons (Fsp3) is 0.111. The van der Waals surface area contributed by atoms with Crippen molar-refractivity contribution in [3.63, 3.8) is 0 Å². The Morgan fingerprint density at radius 2 is 2.25 bits per heavy atom. The Morgan fingerprint density at radius 1 is 1.50 bits per heavy atom. The Hall–Kier alpha value is -2.44. The van der Waals surface area contributed by atoms with Gasteiger partial charge in [0.05, 0.1) is 23.0 Å². The van der Waals surface area contributed by atoms with Crippen LogP contribution in [-0.2, 0) is 0 Å². The molecule has 0 heterocycles. The number of oxime groups is 1. The summed E-state index contributed by atoms with van der Waals surface area (Å²) in [4.78, 5) is 10.0. The van der Waals surface area contributed by atoms with Gasteiger partial charge in [-0.25, -0.2) is 0 Å². The quantitative estimate of drug-likeness (QED) is 0.351. The first kappa shape index (κ1) is 11.6.